The summed E-state index contributed by atoms with van der Waals surface area (Å²) in [6.07, 6.45) is 0. The number of carbonyl (C=O) groups is 3. The Labute approximate surface area is 174 Å². The van der Waals surface area contributed by atoms with E-state index in [0.717, 1.165) is 10.8 Å². The van der Waals surface area contributed by atoms with Crippen LogP contribution in [0.2, 0.25) is 0 Å². The molecule has 0 atom stereocenters. The van der Waals surface area contributed by atoms with E-state index in [-0.39, 0.29) is 16.7 Å². The van der Waals surface area contributed by atoms with Gasteiger partial charge in [-0.15, -0.1) is 0 Å². The summed E-state index contributed by atoms with van der Waals surface area (Å²) < 4.78 is 0. The quantitative estimate of drug-likeness (QED) is 0.344. The van der Waals surface area contributed by atoms with Crippen LogP contribution in [0.5, 0.6) is 0 Å². The lowest BCUT2D eigenvalue weighted by atomic mass is 9.90. The van der Waals surface area contributed by atoms with Gasteiger partial charge in [-0.3, -0.25) is 0 Å². The van der Waals surface area contributed by atoms with Gasteiger partial charge in [0.15, 0.2) is 0 Å². The number of benzene rings is 5. The molecule has 0 amide bonds. The number of aromatic carboxylic acids is 3. The first-order valence-corrected chi connectivity index (χ1v) is 9.41. The van der Waals surface area contributed by atoms with Crippen molar-refractivity contribution < 1.29 is 29.7 Å². The largest absolute Gasteiger partial charge is 0.478 e. The van der Waals surface area contributed by atoms with E-state index >= 15 is 0 Å². The van der Waals surface area contributed by atoms with Gasteiger partial charge < -0.3 is 15.3 Å². The molecule has 0 spiro atoms. The van der Waals surface area contributed by atoms with Crippen molar-refractivity contribution in [1.29, 1.82) is 0 Å². The van der Waals surface area contributed by atoms with Gasteiger partial charge in [0.2, 0.25) is 0 Å². The Morgan fingerprint density at radius 3 is 1.42 bits per heavy atom. The molecular formula is C25H14O6. The number of carboxylic acids is 3. The Hall–Kier alpha value is -4.45. The van der Waals surface area contributed by atoms with E-state index in [1.807, 2.05) is 24.3 Å². The maximum Gasteiger partial charge on any atom is 0.336 e. The fraction of sp³-hybridized carbons (Fsp3) is 0. The Balaban J connectivity index is 2.05. The zero-order chi connectivity index (χ0) is 21.9. The van der Waals surface area contributed by atoms with Crippen LogP contribution in [0.3, 0.4) is 0 Å². The van der Waals surface area contributed by atoms with Crippen molar-refractivity contribution in [2.24, 2.45) is 0 Å². The second kappa shape index (κ2) is 6.53. The summed E-state index contributed by atoms with van der Waals surface area (Å²) in [6.45, 7) is 0. The van der Waals surface area contributed by atoms with Gasteiger partial charge in [0, 0.05) is 0 Å². The zero-order valence-electron chi connectivity index (χ0n) is 15.9. The Morgan fingerprint density at radius 2 is 0.871 bits per heavy atom. The molecule has 0 radical (unpaired) electrons. The standard InChI is InChI=1S/C25H14O6/c26-23(27)12-5-6-17-18(9-12)16-8-7-15-13-3-1-2-4-14(13)21(24(28)29)10-19(15)20(16)11-22(17)25(30)31/h1-11H,(H,26,27)(H,28,29)(H,30,31). The average Bonchev–Trinajstić information content (AvgIpc) is 2.76. The molecule has 0 bridgehead atoms. The molecule has 5 rings (SSSR count). The fourth-order valence-corrected chi connectivity index (χ4v) is 4.30. The molecule has 5 aromatic carbocycles. The average molecular weight is 410 g/mol. The summed E-state index contributed by atoms with van der Waals surface area (Å²) in [6, 6.07) is 18.3. The first-order chi connectivity index (χ1) is 14.9. The van der Waals surface area contributed by atoms with Crippen molar-refractivity contribution in [1.82, 2.24) is 0 Å². The van der Waals surface area contributed by atoms with Crippen LogP contribution < -0.4 is 0 Å². The first kappa shape index (κ1) is 18.6. The molecule has 150 valence electrons. The van der Waals surface area contributed by atoms with Gasteiger partial charge in [0.05, 0.1) is 16.7 Å². The summed E-state index contributed by atoms with van der Waals surface area (Å²) in [7, 11) is 0. The topological polar surface area (TPSA) is 112 Å². The van der Waals surface area contributed by atoms with Gasteiger partial charge >= 0.3 is 17.9 Å². The third-order valence-electron chi connectivity index (χ3n) is 5.68. The van der Waals surface area contributed by atoms with Crippen LogP contribution >= 0.6 is 0 Å². The number of rotatable bonds is 3. The predicted octanol–water partition coefficient (Wildman–Crippen LogP) is 5.39. The molecule has 31 heavy (non-hydrogen) atoms. The first-order valence-electron chi connectivity index (χ1n) is 9.41. The van der Waals surface area contributed by atoms with Crippen molar-refractivity contribution in [3.8, 4) is 0 Å². The third kappa shape index (κ3) is 2.69. The smallest absolute Gasteiger partial charge is 0.336 e. The van der Waals surface area contributed by atoms with Gasteiger partial charge in [-0.1, -0.05) is 42.5 Å². The van der Waals surface area contributed by atoms with Gasteiger partial charge in [-0.25, -0.2) is 14.4 Å². The minimum Gasteiger partial charge on any atom is -0.478 e. The molecule has 0 saturated heterocycles. The van der Waals surface area contributed by atoms with Crippen LogP contribution in [0.4, 0.5) is 0 Å². The Kier molecular flexibility index (Phi) is 3.91. The molecule has 5 aromatic rings. The second-order valence-corrected chi connectivity index (χ2v) is 7.33. The highest BCUT2D eigenvalue weighted by molar-refractivity contribution is 6.27. The van der Waals surface area contributed by atoms with Gasteiger partial charge in [-0.2, -0.15) is 0 Å². The number of carboxylic acid groups (broad SMARTS) is 3. The van der Waals surface area contributed by atoms with E-state index in [2.05, 4.69) is 0 Å². The second-order valence-electron chi connectivity index (χ2n) is 7.33. The van der Waals surface area contributed by atoms with Crippen LogP contribution in [-0.2, 0) is 0 Å². The fourth-order valence-electron chi connectivity index (χ4n) is 4.30. The molecular weight excluding hydrogens is 396 g/mol. The number of hydrogen-bond acceptors (Lipinski definition) is 3. The highest BCUT2D eigenvalue weighted by Crippen LogP contribution is 2.38. The van der Waals surface area contributed by atoms with E-state index in [4.69, 9.17) is 0 Å². The molecule has 0 saturated carbocycles. The molecule has 0 aromatic heterocycles. The summed E-state index contributed by atoms with van der Waals surface area (Å²) in [4.78, 5) is 35.4. The summed E-state index contributed by atoms with van der Waals surface area (Å²) in [5.41, 5.74) is 0.185. The lowest BCUT2D eigenvalue weighted by molar-refractivity contribution is 0.0687. The van der Waals surface area contributed by atoms with Gasteiger partial charge in [-0.05, 0) is 67.4 Å². The van der Waals surface area contributed by atoms with E-state index in [1.54, 1.807) is 18.2 Å². The van der Waals surface area contributed by atoms with E-state index in [0.29, 0.717) is 32.3 Å². The molecule has 0 heterocycles. The molecule has 3 N–H and O–H groups in total. The van der Waals surface area contributed by atoms with Crippen molar-refractivity contribution >= 4 is 61.0 Å². The summed E-state index contributed by atoms with van der Waals surface area (Å²) in [5.74, 6) is -3.34. The van der Waals surface area contributed by atoms with Crippen molar-refractivity contribution in [2.75, 3.05) is 0 Å². The van der Waals surface area contributed by atoms with Crippen LogP contribution in [0.15, 0.2) is 66.7 Å². The molecule has 0 aliphatic rings. The molecule has 6 nitrogen and oxygen atoms in total. The molecule has 0 aliphatic heterocycles. The predicted molar refractivity (Wildman–Crippen MR) is 117 cm³/mol. The van der Waals surface area contributed by atoms with Crippen LogP contribution in [0.1, 0.15) is 31.1 Å². The normalized spacial score (nSPS) is 11.4. The Bertz CT molecular complexity index is 1610. The van der Waals surface area contributed by atoms with Crippen molar-refractivity contribution in [3.63, 3.8) is 0 Å². The highest BCUT2D eigenvalue weighted by atomic mass is 16.4. The van der Waals surface area contributed by atoms with Crippen LogP contribution in [0.25, 0.3) is 43.1 Å². The van der Waals surface area contributed by atoms with Crippen molar-refractivity contribution in [2.45, 2.75) is 0 Å². The molecule has 0 fully saturated rings. The highest BCUT2D eigenvalue weighted by Gasteiger charge is 2.18. The number of fused-ring (bicyclic) bond motifs is 7. The maximum atomic E-state index is 12.0. The lowest BCUT2D eigenvalue weighted by Crippen LogP contribution is -2.01. The lowest BCUT2D eigenvalue weighted by Gasteiger charge is -2.14. The minimum atomic E-state index is -1.15. The maximum absolute atomic E-state index is 12.0. The van der Waals surface area contributed by atoms with E-state index in [9.17, 15) is 29.7 Å². The monoisotopic (exact) mass is 410 g/mol. The Morgan fingerprint density at radius 1 is 0.452 bits per heavy atom. The third-order valence-corrected chi connectivity index (χ3v) is 5.68. The van der Waals surface area contributed by atoms with E-state index in [1.165, 1.54) is 24.3 Å². The SMILES string of the molecule is O=C(O)c1ccc2c(C(=O)O)cc3c(ccc4c5ccccc5c(C(=O)O)cc43)c2c1. The summed E-state index contributed by atoms with van der Waals surface area (Å²) >= 11 is 0. The van der Waals surface area contributed by atoms with Crippen molar-refractivity contribution in [3.05, 3.63) is 83.4 Å². The molecule has 6 heteroatoms. The van der Waals surface area contributed by atoms with Crippen LogP contribution in [0, 0.1) is 0 Å². The van der Waals surface area contributed by atoms with Crippen LogP contribution in [-0.4, -0.2) is 33.2 Å². The van der Waals surface area contributed by atoms with Gasteiger partial charge in [0.1, 0.15) is 0 Å². The van der Waals surface area contributed by atoms with E-state index < -0.39 is 17.9 Å². The van der Waals surface area contributed by atoms with Gasteiger partial charge in [0.25, 0.3) is 0 Å². The zero-order valence-corrected chi connectivity index (χ0v) is 15.9. The molecule has 0 unspecified atom stereocenters. The molecule has 0 aliphatic carbocycles. The summed E-state index contributed by atoms with van der Waals surface area (Å²) in [5, 5.41) is 33.8. The minimum absolute atomic E-state index is 0.0250. The number of hydrogen-bond donors (Lipinski definition) is 3.